The quantitative estimate of drug-likeness (QED) is 0.870. The minimum absolute atomic E-state index is 0.0718. The summed E-state index contributed by atoms with van der Waals surface area (Å²) in [6.45, 7) is -6.62. The van der Waals surface area contributed by atoms with Gasteiger partial charge in [-0.3, -0.25) is 4.79 Å². The summed E-state index contributed by atoms with van der Waals surface area (Å²) in [4.78, 5) is 26.0. The molecule has 1 aliphatic rings. The van der Waals surface area contributed by atoms with Crippen LogP contribution in [0.25, 0.3) is 15.9 Å². The Hall–Kier alpha value is -2.62. The number of amides is 1. The van der Waals surface area contributed by atoms with E-state index in [1.54, 1.807) is 0 Å². The van der Waals surface area contributed by atoms with Crippen LogP contribution in [0.15, 0.2) is 18.5 Å². The van der Waals surface area contributed by atoms with Crippen LogP contribution >= 0.6 is 0 Å². The predicted octanol–water partition coefficient (Wildman–Crippen LogP) is 1.55. The van der Waals surface area contributed by atoms with Gasteiger partial charge in [-0.15, -0.1) is 0 Å². The van der Waals surface area contributed by atoms with Crippen LogP contribution in [0.3, 0.4) is 0 Å². The van der Waals surface area contributed by atoms with Gasteiger partial charge >= 0.3 is 5.91 Å². The van der Waals surface area contributed by atoms with Crippen molar-refractivity contribution in [1.82, 2.24) is 19.9 Å². The Morgan fingerprint density at radius 3 is 3.43 bits per heavy atom. The van der Waals surface area contributed by atoms with E-state index >= 15 is 0 Å². The van der Waals surface area contributed by atoms with E-state index in [0.717, 1.165) is 6.20 Å². The van der Waals surface area contributed by atoms with Gasteiger partial charge in [0.2, 0.25) is 0 Å². The Kier molecular flexibility index (Phi) is 1.76. The molecule has 0 aromatic carbocycles. The lowest BCUT2D eigenvalue weighted by atomic mass is 9.92. The van der Waals surface area contributed by atoms with E-state index in [1.165, 1.54) is 0 Å². The number of H-pyrrole nitrogens is 1. The van der Waals surface area contributed by atoms with Gasteiger partial charge in [0, 0.05) is 37.1 Å². The van der Waals surface area contributed by atoms with Crippen LogP contribution in [-0.2, 0) is 4.79 Å². The third-order valence-corrected chi connectivity index (χ3v) is 3.29. The van der Waals surface area contributed by atoms with Gasteiger partial charge in [0.1, 0.15) is 19.1 Å². The van der Waals surface area contributed by atoms with E-state index in [4.69, 9.17) is 23.0 Å². The molecule has 2 atom stereocenters. The monoisotopic (exact) mass is 324 g/mol. The van der Waals surface area contributed by atoms with Crippen molar-refractivity contribution in [2.75, 3.05) is 31.4 Å². The van der Waals surface area contributed by atoms with Gasteiger partial charge in [-0.05, 0) is 18.4 Å². The van der Waals surface area contributed by atoms with Gasteiger partial charge in [0.25, 0.3) is 6.54 Å². The molecule has 2 aromatic rings. The Labute approximate surface area is 152 Å². The average Bonchev–Trinajstić information content (AvgIpc) is 3.01. The highest BCUT2D eigenvalue weighted by molar-refractivity contribution is 5.87. The lowest BCUT2D eigenvalue weighted by Gasteiger charge is -2.41. The molecule has 0 spiro atoms. The van der Waals surface area contributed by atoms with Crippen molar-refractivity contribution >= 4 is 22.8 Å². The first-order valence-corrected chi connectivity index (χ1v) is 6.62. The number of hydrogen-bond acceptors (Lipinski definition) is 4. The number of piperidine rings is 1. The van der Waals surface area contributed by atoms with Gasteiger partial charge < -0.3 is 19.6 Å². The number of nitrogens with one attached hydrogen (secondary N) is 1. The summed E-state index contributed by atoms with van der Waals surface area (Å²) in [5, 5.41) is -0.232. The van der Waals surface area contributed by atoms with Crippen LogP contribution < -0.4 is 4.90 Å². The van der Waals surface area contributed by atoms with Gasteiger partial charge in [-0.25, -0.2) is 16.5 Å². The molecule has 3 rings (SSSR count). The third-order valence-electron chi connectivity index (χ3n) is 3.29. The summed E-state index contributed by atoms with van der Waals surface area (Å²) in [6, 6.07) is -2.56. The number of aromatic amines is 1. The van der Waals surface area contributed by atoms with Crippen molar-refractivity contribution in [2.24, 2.45) is 5.92 Å². The number of likely N-dealkylation sites (N-methyl/N-ethyl adjacent to an activating group) is 1. The normalized spacial score (nSPS) is 34.3. The van der Waals surface area contributed by atoms with Crippen LogP contribution in [0, 0.1) is 12.5 Å². The number of fused-ring (bicyclic) bond motifs is 1. The summed E-state index contributed by atoms with van der Waals surface area (Å²) in [6.07, 6.45) is -0.560. The van der Waals surface area contributed by atoms with Crippen LogP contribution in [0.2, 0.25) is 0 Å². The zero-order valence-electron chi connectivity index (χ0n) is 23.8. The largest absolute Gasteiger partial charge is 0.354 e. The Morgan fingerprint density at radius 2 is 2.65 bits per heavy atom. The highest BCUT2D eigenvalue weighted by atomic mass is 16.2. The van der Waals surface area contributed by atoms with Crippen LogP contribution in [0.5, 0.6) is 0 Å². The molecule has 1 aliphatic heterocycles. The van der Waals surface area contributed by atoms with Crippen molar-refractivity contribution in [3.05, 3.63) is 30.0 Å². The highest BCUT2D eigenvalue weighted by Crippen LogP contribution is 2.28. The second-order valence-electron chi connectivity index (χ2n) is 4.76. The third kappa shape index (κ3) is 2.84. The van der Waals surface area contributed by atoms with Crippen molar-refractivity contribution in [3.8, 4) is 0 Å². The van der Waals surface area contributed by atoms with Crippen LogP contribution in [0.4, 0.5) is 5.82 Å². The number of aromatic nitrogens is 3. The van der Waals surface area contributed by atoms with Crippen molar-refractivity contribution in [3.63, 3.8) is 0 Å². The SMILES string of the molecule is [2H]c1nc(N([C@@H]2[C@H](C([2H])([2H])[2H])CC([2H])([2H])N(C(=O)C[N+]#[C-])C2([2H])[2H])C([2H])([2H])[2H])c2c([2H])c[nH]c2n1. The molecule has 7 nitrogen and oxygen atoms in total. The minimum Gasteiger partial charge on any atom is -0.354 e. The molecule has 0 unspecified atom stereocenters. The summed E-state index contributed by atoms with van der Waals surface area (Å²) >= 11 is 0. The molecule has 23 heavy (non-hydrogen) atoms. The van der Waals surface area contributed by atoms with E-state index in [1.807, 2.05) is 0 Å². The molecule has 2 aromatic heterocycles. The molecular weight excluding hydrogens is 292 g/mol. The first-order valence-electron chi connectivity index (χ1n) is 12.6. The first-order chi connectivity index (χ1) is 15.8. The predicted molar refractivity (Wildman–Crippen MR) is 87.9 cm³/mol. The van der Waals surface area contributed by atoms with Gasteiger partial charge in [0.15, 0.2) is 0 Å². The molecule has 120 valence electrons. The smallest absolute Gasteiger partial charge is 0.302 e. The summed E-state index contributed by atoms with van der Waals surface area (Å²) < 4.78 is 98.2. The fourth-order valence-corrected chi connectivity index (χ4v) is 2.17. The zero-order chi connectivity index (χ0) is 26.7. The molecule has 0 saturated carbocycles. The first kappa shape index (κ1) is 6.48. The number of carbonyl (C=O) groups excluding carboxylic acids is 1. The number of likely N-dealkylation sites (tertiary alicyclic amines) is 1. The molecule has 0 radical (unpaired) electrons. The average molecular weight is 324 g/mol. The summed E-state index contributed by atoms with van der Waals surface area (Å²) in [5.74, 6) is -3.92. The maximum absolute atomic E-state index is 12.7. The number of hydrogen-bond donors (Lipinski definition) is 1. The second-order valence-corrected chi connectivity index (χ2v) is 4.76. The lowest BCUT2D eigenvalue weighted by Crippen LogP contribution is -2.53. The fraction of sp³-hybridized carbons (Fsp3) is 0.500. The molecule has 1 saturated heterocycles. The molecule has 0 aliphatic carbocycles. The molecule has 3 heterocycles. The van der Waals surface area contributed by atoms with Crippen molar-refractivity contribution < 1.29 is 21.2 Å². The van der Waals surface area contributed by atoms with Crippen LogP contribution in [0.1, 0.15) is 29.7 Å². The van der Waals surface area contributed by atoms with Gasteiger partial charge in [-0.1, -0.05) is 6.85 Å². The van der Waals surface area contributed by atoms with Crippen molar-refractivity contribution in [1.29, 1.82) is 0 Å². The van der Waals surface area contributed by atoms with E-state index in [-0.39, 0.29) is 22.0 Å². The second kappa shape index (κ2) is 6.24. The maximum Gasteiger partial charge on any atom is 0.302 e. The number of rotatable bonds is 3. The molecule has 1 amide bonds. The standard InChI is InChI=1S/C16H20N6O/c1-11-5-7-22(14(23)8-17-2)9-13(11)21(3)16-12-4-6-18-15(12)19-10-20-16/h4,6,10-11,13H,5,7-9H2,1,3H3,(H,18,19,20)/t11-,13+/m1/s1/i1D3,3D3,4D,7D2,9D2,10D. The van der Waals surface area contributed by atoms with Crippen molar-refractivity contribution in [2.45, 2.75) is 19.3 Å². The number of anilines is 1. The molecule has 1 fully saturated rings. The van der Waals surface area contributed by atoms with E-state index in [0.29, 0.717) is 4.90 Å². The fourth-order valence-electron chi connectivity index (χ4n) is 2.17. The van der Waals surface area contributed by atoms with E-state index < -0.39 is 69.8 Å². The molecular formula is C16H20N6O. The van der Waals surface area contributed by atoms with Crippen LogP contribution in [-0.4, -0.2) is 58.3 Å². The molecule has 7 heteroatoms. The Morgan fingerprint density at radius 1 is 1.74 bits per heavy atom. The lowest BCUT2D eigenvalue weighted by molar-refractivity contribution is -0.130. The Balaban J connectivity index is 2.39. The maximum atomic E-state index is 12.7. The van der Waals surface area contributed by atoms with Gasteiger partial charge in [-0.2, -0.15) is 0 Å². The Bertz CT molecular complexity index is 1180. The molecule has 0 bridgehead atoms. The summed E-state index contributed by atoms with van der Waals surface area (Å²) in [7, 11) is 0. The number of carbonyl (C=O) groups is 1. The highest BCUT2D eigenvalue weighted by Gasteiger charge is 2.33. The van der Waals surface area contributed by atoms with Gasteiger partial charge in [0.05, 0.1) is 15.5 Å². The van der Waals surface area contributed by atoms with E-state index in [2.05, 4.69) is 19.8 Å². The number of nitrogens with zero attached hydrogens (tertiary/aromatic N) is 5. The molecule has 1 N–H and O–H groups in total. The summed E-state index contributed by atoms with van der Waals surface area (Å²) in [5.41, 5.74) is -0.127. The van der Waals surface area contributed by atoms with E-state index in [9.17, 15) is 4.79 Å². The minimum atomic E-state index is -3.32. The topological polar surface area (TPSA) is 69.5 Å². The zero-order valence-corrected chi connectivity index (χ0v) is 11.8.